The summed E-state index contributed by atoms with van der Waals surface area (Å²) in [5.41, 5.74) is 0.456. The topological polar surface area (TPSA) is 67.8 Å². The second kappa shape index (κ2) is 4.25. The predicted molar refractivity (Wildman–Crippen MR) is 68.7 cm³/mol. The van der Waals surface area contributed by atoms with Crippen LogP contribution in [0.5, 0.6) is 0 Å². The van der Waals surface area contributed by atoms with E-state index < -0.39 is 5.54 Å². The van der Waals surface area contributed by atoms with Gasteiger partial charge in [0.2, 0.25) is 0 Å². The highest BCUT2D eigenvalue weighted by atomic mass is 16.1. The standard InChI is InChI=1S/C13H15N3O2/c1-9-4-5-16(12(18)6-9)13(2,3)10-7-11(17)15-8-14-10/h4-8H,1-3H3,(H,14,15,17). The maximum absolute atomic E-state index is 12.0. The van der Waals surface area contributed by atoms with E-state index in [9.17, 15) is 9.59 Å². The van der Waals surface area contributed by atoms with E-state index in [1.807, 2.05) is 26.8 Å². The Labute approximate surface area is 104 Å². The van der Waals surface area contributed by atoms with E-state index in [0.717, 1.165) is 5.56 Å². The zero-order chi connectivity index (χ0) is 13.3. The SMILES string of the molecule is Cc1ccn(C(C)(C)c2cc(=O)[nH]cn2)c(=O)c1. The Morgan fingerprint density at radius 3 is 2.61 bits per heavy atom. The number of hydrogen-bond donors (Lipinski definition) is 1. The summed E-state index contributed by atoms with van der Waals surface area (Å²) in [6.07, 6.45) is 3.07. The van der Waals surface area contributed by atoms with Gasteiger partial charge >= 0.3 is 0 Å². The Balaban J connectivity index is 2.61. The highest BCUT2D eigenvalue weighted by molar-refractivity contribution is 5.17. The quantitative estimate of drug-likeness (QED) is 0.859. The Morgan fingerprint density at radius 1 is 1.28 bits per heavy atom. The Morgan fingerprint density at radius 2 is 2.00 bits per heavy atom. The van der Waals surface area contributed by atoms with Crippen molar-refractivity contribution in [3.05, 3.63) is 62.7 Å². The fourth-order valence-corrected chi connectivity index (χ4v) is 1.87. The summed E-state index contributed by atoms with van der Waals surface area (Å²) in [7, 11) is 0. The van der Waals surface area contributed by atoms with Gasteiger partial charge in [0.15, 0.2) is 0 Å². The van der Waals surface area contributed by atoms with Crippen LogP contribution in [0.25, 0.3) is 0 Å². The molecule has 94 valence electrons. The van der Waals surface area contributed by atoms with E-state index in [-0.39, 0.29) is 11.1 Å². The van der Waals surface area contributed by atoms with Crippen LogP contribution in [0.3, 0.4) is 0 Å². The third-order valence-electron chi connectivity index (χ3n) is 2.98. The number of nitrogens with one attached hydrogen (secondary N) is 1. The fourth-order valence-electron chi connectivity index (χ4n) is 1.87. The van der Waals surface area contributed by atoms with Crippen LogP contribution in [0, 0.1) is 6.92 Å². The van der Waals surface area contributed by atoms with Gasteiger partial charge in [0, 0.05) is 18.3 Å². The van der Waals surface area contributed by atoms with E-state index in [1.54, 1.807) is 16.8 Å². The molecule has 0 amide bonds. The Kier molecular flexibility index (Phi) is 2.90. The lowest BCUT2D eigenvalue weighted by Gasteiger charge is -2.26. The van der Waals surface area contributed by atoms with Crippen molar-refractivity contribution in [2.24, 2.45) is 0 Å². The second-order valence-corrected chi connectivity index (χ2v) is 4.77. The molecule has 0 spiro atoms. The average Bonchev–Trinajstić information content (AvgIpc) is 2.28. The summed E-state index contributed by atoms with van der Waals surface area (Å²) < 4.78 is 1.57. The zero-order valence-corrected chi connectivity index (χ0v) is 10.6. The minimum Gasteiger partial charge on any atom is -0.313 e. The van der Waals surface area contributed by atoms with Crippen LogP contribution < -0.4 is 11.1 Å². The molecule has 0 unspecified atom stereocenters. The molecule has 0 aromatic carbocycles. The Hall–Kier alpha value is -2.17. The molecule has 0 saturated carbocycles. The number of aryl methyl sites for hydroxylation is 1. The molecule has 2 aromatic heterocycles. The van der Waals surface area contributed by atoms with Crippen molar-refractivity contribution in [3.8, 4) is 0 Å². The number of rotatable bonds is 2. The van der Waals surface area contributed by atoms with Gasteiger partial charge in [-0.25, -0.2) is 4.98 Å². The van der Waals surface area contributed by atoms with Gasteiger partial charge in [-0.3, -0.25) is 9.59 Å². The summed E-state index contributed by atoms with van der Waals surface area (Å²) in [5.74, 6) is 0. The first kappa shape index (κ1) is 12.3. The molecule has 0 atom stereocenters. The first-order valence-corrected chi connectivity index (χ1v) is 5.66. The summed E-state index contributed by atoms with van der Waals surface area (Å²) in [5, 5.41) is 0. The largest absolute Gasteiger partial charge is 0.313 e. The van der Waals surface area contributed by atoms with Crippen LogP contribution in [0.15, 0.2) is 40.3 Å². The van der Waals surface area contributed by atoms with Gasteiger partial charge in [-0.1, -0.05) is 0 Å². The molecule has 0 aliphatic heterocycles. The number of aromatic amines is 1. The van der Waals surface area contributed by atoms with Crippen LogP contribution in [0.1, 0.15) is 25.1 Å². The first-order chi connectivity index (χ1) is 8.41. The van der Waals surface area contributed by atoms with Crippen molar-refractivity contribution in [1.29, 1.82) is 0 Å². The minimum atomic E-state index is -0.668. The van der Waals surface area contributed by atoms with Gasteiger partial charge in [0.25, 0.3) is 11.1 Å². The van der Waals surface area contributed by atoms with Crippen molar-refractivity contribution in [3.63, 3.8) is 0 Å². The number of pyridine rings is 1. The fraction of sp³-hybridized carbons (Fsp3) is 0.308. The maximum Gasteiger partial charge on any atom is 0.251 e. The van der Waals surface area contributed by atoms with E-state index in [4.69, 9.17) is 0 Å². The summed E-state index contributed by atoms with van der Waals surface area (Å²) in [6, 6.07) is 4.83. The second-order valence-electron chi connectivity index (χ2n) is 4.77. The van der Waals surface area contributed by atoms with E-state index in [1.165, 1.54) is 12.4 Å². The molecule has 2 heterocycles. The van der Waals surface area contributed by atoms with Crippen LogP contribution in [0.4, 0.5) is 0 Å². The molecule has 0 bridgehead atoms. The van der Waals surface area contributed by atoms with Gasteiger partial charge < -0.3 is 9.55 Å². The van der Waals surface area contributed by atoms with Crippen molar-refractivity contribution in [1.82, 2.24) is 14.5 Å². The summed E-state index contributed by atoms with van der Waals surface area (Å²) >= 11 is 0. The van der Waals surface area contributed by atoms with E-state index in [0.29, 0.717) is 5.69 Å². The first-order valence-electron chi connectivity index (χ1n) is 5.66. The minimum absolute atomic E-state index is 0.109. The van der Waals surface area contributed by atoms with Crippen molar-refractivity contribution >= 4 is 0 Å². The van der Waals surface area contributed by atoms with Gasteiger partial charge in [0.05, 0.1) is 17.6 Å². The number of aromatic nitrogens is 3. The molecular weight excluding hydrogens is 230 g/mol. The highest BCUT2D eigenvalue weighted by Gasteiger charge is 2.25. The Bertz CT molecular complexity index is 683. The molecule has 0 radical (unpaired) electrons. The zero-order valence-electron chi connectivity index (χ0n) is 10.6. The third kappa shape index (κ3) is 2.11. The molecule has 2 aromatic rings. The number of hydrogen-bond acceptors (Lipinski definition) is 3. The predicted octanol–water partition coefficient (Wildman–Crippen LogP) is 1.02. The van der Waals surface area contributed by atoms with Crippen molar-refractivity contribution in [2.45, 2.75) is 26.3 Å². The third-order valence-corrected chi connectivity index (χ3v) is 2.98. The molecule has 5 nitrogen and oxygen atoms in total. The van der Waals surface area contributed by atoms with Crippen molar-refractivity contribution < 1.29 is 0 Å². The highest BCUT2D eigenvalue weighted by Crippen LogP contribution is 2.20. The summed E-state index contributed by atoms with van der Waals surface area (Å²) in [4.78, 5) is 29.9. The number of H-pyrrole nitrogens is 1. The lowest BCUT2D eigenvalue weighted by Crippen LogP contribution is -2.38. The van der Waals surface area contributed by atoms with Gasteiger partial charge in [-0.05, 0) is 32.4 Å². The average molecular weight is 245 g/mol. The van der Waals surface area contributed by atoms with Crippen LogP contribution in [-0.4, -0.2) is 14.5 Å². The normalized spacial score (nSPS) is 11.5. The lowest BCUT2D eigenvalue weighted by molar-refractivity contribution is 0.408. The molecule has 0 aliphatic rings. The molecule has 18 heavy (non-hydrogen) atoms. The maximum atomic E-state index is 12.0. The molecule has 5 heteroatoms. The van der Waals surface area contributed by atoms with Gasteiger partial charge in [-0.15, -0.1) is 0 Å². The molecule has 0 fully saturated rings. The molecule has 0 aliphatic carbocycles. The smallest absolute Gasteiger partial charge is 0.251 e. The number of nitrogens with zero attached hydrogens (tertiary/aromatic N) is 2. The molecule has 1 N–H and O–H groups in total. The van der Waals surface area contributed by atoms with Crippen LogP contribution in [-0.2, 0) is 5.54 Å². The summed E-state index contributed by atoms with van der Waals surface area (Å²) in [6.45, 7) is 5.57. The van der Waals surface area contributed by atoms with E-state index >= 15 is 0 Å². The molecule has 2 rings (SSSR count). The molecular formula is C13H15N3O2. The van der Waals surface area contributed by atoms with Gasteiger partial charge in [0.1, 0.15) is 0 Å². The van der Waals surface area contributed by atoms with E-state index in [2.05, 4.69) is 9.97 Å². The van der Waals surface area contributed by atoms with Crippen LogP contribution >= 0.6 is 0 Å². The molecule has 0 saturated heterocycles. The van der Waals surface area contributed by atoms with Crippen LogP contribution in [0.2, 0.25) is 0 Å². The lowest BCUT2D eigenvalue weighted by atomic mass is 9.99. The van der Waals surface area contributed by atoms with Crippen molar-refractivity contribution in [2.75, 3.05) is 0 Å². The van der Waals surface area contributed by atoms with Gasteiger partial charge in [-0.2, -0.15) is 0 Å². The monoisotopic (exact) mass is 245 g/mol.